The lowest BCUT2D eigenvalue weighted by atomic mass is 10.0. The summed E-state index contributed by atoms with van der Waals surface area (Å²) in [5.74, 6) is 1.20. The van der Waals surface area contributed by atoms with Crippen molar-refractivity contribution in [1.82, 2.24) is 19.7 Å². The molecule has 0 saturated carbocycles. The second-order valence-electron chi connectivity index (χ2n) is 7.32. The molecule has 3 rings (SSSR count). The number of thioether (sulfide) groups is 1. The van der Waals surface area contributed by atoms with Gasteiger partial charge in [-0.15, -0.1) is 10.2 Å². The Kier molecular flexibility index (Phi) is 6.77. The number of carbonyl (C=O) groups is 1. The molecule has 0 amide bonds. The van der Waals surface area contributed by atoms with Crippen molar-refractivity contribution < 1.29 is 4.79 Å². The first-order valence-corrected chi connectivity index (χ1v) is 10.7. The maximum atomic E-state index is 12.8. The van der Waals surface area contributed by atoms with Crippen molar-refractivity contribution in [1.29, 1.82) is 0 Å². The smallest absolute Gasteiger partial charge is 0.196 e. The molecule has 0 bridgehead atoms. The molecule has 0 fully saturated rings. The Morgan fingerprint density at radius 3 is 2.48 bits per heavy atom. The van der Waals surface area contributed by atoms with Gasteiger partial charge in [-0.25, -0.2) is 0 Å². The lowest BCUT2D eigenvalue weighted by Crippen LogP contribution is -2.20. The first-order valence-electron chi connectivity index (χ1n) is 9.39. The average molecular weight is 429 g/mol. The molecule has 0 aliphatic heterocycles. The summed E-state index contributed by atoms with van der Waals surface area (Å²) in [4.78, 5) is 14.9. The van der Waals surface area contributed by atoms with Crippen molar-refractivity contribution in [2.45, 2.75) is 32.0 Å². The summed E-state index contributed by atoms with van der Waals surface area (Å²) >= 11 is 7.47. The molecular weight excluding hydrogens is 404 g/mol. The van der Waals surface area contributed by atoms with Gasteiger partial charge in [0.05, 0.1) is 11.8 Å². The first-order chi connectivity index (χ1) is 13.8. The number of carbonyl (C=O) groups excluding carboxylic acids is 1. The Hall–Kier alpha value is -2.15. The molecule has 5 nitrogen and oxygen atoms in total. The first kappa shape index (κ1) is 21.6. The lowest BCUT2D eigenvalue weighted by molar-refractivity contribution is 0.102. The fourth-order valence-corrected chi connectivity index (χ4v) is 3.92. The van der Waals surface area contributed by atoms with Gasteiger partial charge < -0.3 is 0 Å². The molecular formula is C22H25ClN4OS. The van der Waals surface area contributed by atoms with E-state index in [1.165, 1.54) is 11.8 Å². The molecule has 0 aliphatic rings. The predicted molar refractivity (Wildman–Crippen MR) is 119 cm³/mol. The van der Waals surface area contributed by atoms with E-state index >= 15 is 0 Å². The SMILES string of the molecule is Cc1ccc(C)c(C(=O)CSc2nnc(C(C)N(C)C)n2-c2ccc(Cl)cc2)c1. The van der Waals surface area contributed by atoms with E-state index in [9.17, 15) is 4.79 Å². The van der Waals surface area contributed by atoms with Gasteiger partial charge in [0.2, 0.25) is 0 Å². The van der Waals surface area contributed by atoms with Gasteiger partial charge in [-0.1, -0.05) is 41.1 Å². The molecule has 3 aromatic rings. The number of hydrogen-bond donors (Lipinski definition) is 0. The number of ketones is 1. The predicted octanol–water partition coefficient (Wildman–Crippen LogP) is 5.14. The van der Waals surface area contributed by atoms with E-state index in [2.05, 4.69) is 22.0 Å². The Bertz CT molecular complexity index is 1010. The minimum atomic E-state index is 0.0576. The summed E-state index contributed by atoms with van der Waals surface area (Å²) in [6.07, 6.45) is 0. The molecule has 29 heavy (non-hydrogen) atoms. The molecule has 1 unspecified atom stereocenters. The molecule has 152 valence electrons. The van der Waals surface area contributed by atoms with Crippen molar-refractivity contribution in [3.8, 4) is 5.69 Å². The Balaban J connectivity index is 1.92. The summed E-state index contributed by atoms with van der Waals surface area (Å²) in [6, 6.07) is 13.6. The monoisotopic (exact) mass is 428 g/mol. The molecule has 2 aromatic carbocycles. The van der Waals surface area contributed by atoms with Gasteiger partial charge in [-0.3, -0.25) is 14.3 Å². The quantitative estimate of drug-likeness (QED) is 0.385. The zero-order valence-electron chi connectivity index (χ0n) is 17.3. The van der Waals surface area contributed by atoms with Crippen molar-refractivity contribution in [2.24, 2.45) is 0 Å². The highest BCUT2D eigenvalue weighted by Crippen LogP contribution is 2.28. The van der Waals surface area contributed by atoms with E-state index in [0.717, 1.165) is 28.2 Å². The third kappa shape index (κ3) is 4.89. The molecule has 0 aliphatic carbocycles. The highest BCUT2D eigenvalue weighted by atomic mass is 35.5. The Labute approximate surface area is 181 Å². The van der Waals surface area contributed by atoms with Crippen LogP contribution >= 0.6 is 23.4 Å². The van der Waals surface area contributed by atoms with Crippen molar-refractivity contribution in [2.75, 3.05) is 19.8 Å². The molecule has 0 radical (unpaired) electrons. The number of halogens is 1. The van der Waals surface area contributed by atoms with Crippen LogP contribution < -0.4 is 0 Å². The highest BCUT2D eigenvalue weighted by molar-refractivity contribution is 7.99. The molecule has 1 atom stereocenters. The van der Waals surface area contributed by atoms with Gasteiger partial charge in [0.25, 0.3) is 0 Å². The van der Waals surface area contributed by atoms with E-state index in [4.69, 9.17) is 11.6 Å². The molecule has 0 saturated heterocycles. The van der Waals surface area contributed by atoms with Gasteiger partial charge >= 0.3 is 0 Å². The second kappa shape index (κ2) is 9.11. The van der Waals surface area contributed by atoms with Crippen LogP contribution in [0.1, 0.15) is 40.3 Å². The van der Waals surface area contributed by atoms with E-state index in [1.54, 1.807) is 0 Å². The standard InChI is InChI=1S/C22H25ClN4OS/c1-14-6-7-15(2)19(12-14)20(28)13-29-22-25-24-21(16(3)26(4)5)27(22)18-10-8-17(23)9-11-18/h6-12,16H,13H2,1-5H3. The Morgan fingerprint density at radius 1 is 1.14 bits per heavy atom. The fourth-order valence-electron chi connectivity index (χ4n) is 2.95. The topological polar surface area (TPSA) is 51.0 Å². The number of aryl methyl sites for hydroxylation is 2. The van der Waals surface area contributed by atoms with Crippen LogP contribution in [0.15, 0.2) is 47.6 Å². The van der Waals surface area contributed by atoms with Crippen molar-refractivity contribution >= 4 is 29.1 Å². The third-order valence-electron chi connectivity index (χ3n) is 4.92. The normalized spacial score (nSPS) is 12.4. The van der Waals surface area contributed by atoms with Crippen molar-refractivity contribution in [3.63, 3.8) is 0 Å². The molecule has 0 spiro atoms. The van der Waals surface area contributed by atoms with Crippen LogP contribution in [0.25, 0.3) is 5.69 Å². The Morgan fingerprint density at radius 2 is 1.83 bits per heavy atom. The third-order valence-corrected chi connectivity index (χ3v) is 6.10. The van der Waals surface area contributed by atoms with Crippen LogP contribution in [0.4, 0.5) is 0 Å². The van der Waals surface area contributed by atoms with Crippen LogP contribution in [-0.4, -0.2) is 45.3 Å². The number of Topliss-reactive ketones (excluding diaryl/α,β-unsaturated/α-hetero) is 1. The summed E-state index contributed by atoms with van der Waals surface area (Å²) in [5, 5.41) is 10.2. The minimum Gasteiger partial charge on any atom is -0.300 e. The van der Waals surface area contributed by atoms with E-state index < -0.39 is 0 Å². The van der Waals surface area contributed by atoms with Gasteiger partial charge in [-0.05, 0) is 70.8 Å². The second-order valence-corrected chi connectivity index (χ2v) is 8.70. The van der Waals surface area contributed by atoms with Gasteiger partial charge in [0.1, 0.15) is 0 Å². The van der Waals surface area contributed by atoms with Crippen LogP contribution in [0, 0.1) is 13.8 Å². The number of rotatable bonds is 7. The zero-order chi connectivity index (χ0) is 21.1. The van der Waals surface area contributed by atoms with Gasteiger partial charge in [0, 0.05) is 16.3 Å². The van der Waals surface area contributed by atoms with Gasteiger partial charge in [-0.2, -0.15) is 0 Å². The number of aromatic nitrogens is 3. The number of hydrogen-bond acceptors (Lipinski definition) is 5. The van der Waals surface area contributed by atoms with Crippen LogP contribution in [-0.2, 0) is 0 Å². The molecule has 1 heterocycles. The average Bonchev–Trinajstić information content (AvgIpc) is 3.11. The van der Waals surface area contributed by atoms with E-state index in [0.29, 0.717) is 15.9 Å². The zero-order valence-corrected chi connectivity index (χ0v) is 18.9. The molecule has 1 aromatic heterocycles. The van der Waals surface area contributed by atoms with Crippen LogP contribution in [0.5, 0.6) is 0 Å². The fraction of sp³-hybridized carbons (Fsp3) is 0.318. The largest absolute Gasteiger partial charge is 0.300 e. The maximum absolute atomic E-state index is 12.8. The summed E-state index contributed by atoms with van der Waals surface area (Å²) < 4.78 is 2.00. The van der Waals surface area contributed by atoms with Crippen molar-refractivity contribution in [3.05, 3.63) is 70.0 Å². The van der Waals surface area contributed by atoms with Crippen LogP contribution in [0.3, 0.4) is 0 Å². The molecule has 0 N–H and O–H groups in total. The highest BCUT2D eigenvalue weighted by Gasteiger charge is 2.22. The summed E-state index contributed by atoms with van der Waals surface area (Å²) in [6.45, 7) is 6.03. The summed E-state index contributed by atoms with van der Waals surface area (Å²) in [7, 11) is 4.00. The summed E-state index contributed by atoms with van der Waals surface area (Å²) in [5.41, 5.74) is 3.75. The van der Waals surface area contributed by atoms with Gasteiger partial charge in [0.15, 0.2) is 16.8 Å². The van der Waals surface area contributed by atoms with E-state index in [-0.39, 0.29) is 11.8 Å². The number of nitrogens with zero attached hydrogens (tertiary/aromatic N) is 4. The van der Waals surface area contributed by atoms with Crippen LogP contribution in [0.2, 0.25) is 5.02 Å². The van der Waals surface area contributed by atoms with E-state index in [1.807, 2.05) is 75.0 Å². The lowest BCUT2D eigenvalue weighted by Gasteiger charge is -2.20. The maximum Gasteiger partial charge on any atom is 0.196 e. The minimum absolute atomic E-state index is 0.0576. The number of benzene rings is 2. The molecule has 7 heteroatoms.